The minimum absolute atomic E-state index is 0.0498. The summed E-state index contributed by atoms with van der Waals surface area (Å²) >= 11 is 3.66. The first-order chi connectivity index (χ1) is 22.0. The molecular weight excluding hydrogens is 642 g/mol. The second-order valence-corrected chi connectivity index (χ2v) is 11.5. The first-order valence-corrected chi connectivity index (χ1v) is 15.6. The Balaban J connectivity index is 1.51. The van der Waals surface area contributed by atoms with Gasteiger partial charge >= 0.3 is 0 Å². The van der Waals surface area contributed by atoms with Crippen molar-refractivity contribution < 1.29 is 24.1 Å². The molecule has 0 bridgehead atoms. The number of carbonyl (C=O) groups excluding carboxylic acids is 1. The largest absolute Gasteiger partial charge is 0.494 e. The topological polar surface area (TPSA) is 153 Å². The maximum atomic E-state index is 14.4. The summed E-state index contributed by atoms with van der Waals surface area (Å²) in [6, 6.07) is 22.0. The molecule has 236 valence electrons. The molecule has 1 fully saturated rings. The lowest BCUT2D eigenvalue weighted by Crippen LogP contribution is -2.55. The third-order valence-electron chi connectivity index (χ3n) is 7.68. The van der Waals surface area contributed by atoms with Crippen LogP contribution >= 0.6 is 15.9 Å². The number of amides is 1. The minimum atomic E-state index is -1.48. The maximum Gasteiger partial charge on any atom is 0.266 e. The van der Waals surface area contributed by atoms with E-state index >= 15 is 0 Å². The fourth-order valence-corrected chi connectivity index (χ4v) is 5.83. The van der Waals surface area contributed by atoms with Gasteiger partial charge in [0.15, 0.2) is 11.6 Å². The molecule has 12 nitrogen and oxygen atoms in total. The number of hydrogen-bond acceptors (Lipinski definition) is 9. The number of azide groups is 1. The Bertz CT molecular complexity index is 1530. The van der Waals surface area contributed by atoms with Crippen molar-refractivity contribution in [2.24, 2.45) is 10.1 Å². The van der Waals surface area contributed by atoms with Crippen molar-refractivity contribution in [1.29, 1.82) is 0 Å². The average Bonchev–Trinajstić information content (AvgIpc) is 3.45. The molecule has 1 saturated heterocycles. The predicted molar refractivity (Wildman–Crippen MR) is 173 cm³/mol. The number of morpholine rings is 1. The summed E-state index contributed by atoms with van der Waals surface area (Å²) in [6.07, 6.45) is -0.207. The molecular formula is C32H36BrN7O5. The van der Waals surface area contributed by atoms with Crippen LogP contribution in [0.4, 0.5) is 5.69 Å². The van der Waals surface area contributed by atoms with Crippen LogP contribution in [0.5, 0.6) is 5.75 Å². The smallest absolute Gasteiger partial charge is 0.266 e. The summed E-state index contributed by atoms with van der Waals surface area (Å²) in [5.41, 5.74) is 16.2. The van der Waals surface area contributed by atoms with Crippen LogP contribution in [-0.4, -0.2) is 80.0 Å². The molecule has 0 saturated carbocycles. The van der Waals surface area contributed by atoms with Crippen molar-refractivity contribution in [3.8, 4) is 5.75 Å². The van der Waals surface area contributed by atoms with Crippen molar-refractivity contribution in [3.05, 3.63) is 104 Å². The van der Waals surface area contributed by atoms with E-state index in [1.165, 1.54) is 0 Å². The molecule has 3 aromatic rings. The highest BCUT2D eigenvalue weighted by atomic mass is 79.9. The van der Waals surface area contributed by atoms with Crippen LogP contribution in [0.15, 0.2) is 87.4 Å². The van der Waals surface area contributed by atoms with Gasteiger partial charge < -0.3 is 19.3 Å². The number of halogens is 1. The third kappa shape index (κ3) is 8.01. The summed E-state index contributed by atoms with van der Waals surface area (Å²) in [4.78, 5) is 24.7. The van der Waals surface area contributed by atoms with Crippen LogP contribution in [0.1, 0.15) is 29.2 Å². The van der Waals surface area contributed by atoms with Crippen LogP contribution in [0.2, 0.25) is 0 Å². The molecule has 0 unspecified atom stereocenters. The Morgan fingerprint density at radius 2 is 1.89 bits per heavy atom. The molecule has 0 radical (unpaired) electrons. The van der Waals surface area contributed by atoms with Gasteiger partial charge in [-0.25, -0.2) is 10.4 Å². The van der Waals surface area contributed by atoms with Crippen molar-refractivity contribution in [2.75, 3.05) is 52.6 Å². The van der Waals surface area contributed by atoms with Gasteiger partial charge in [0.05, 0.1) is 19.8 Å². The van der Waals surface area contributed by atoms with Gasteiger partial charge in [-0.05, 0) is 41.4 Å². The molecule has 2 heterocycles. The number of ether oxygens (including phenoxy) is 3. The van der Waals surface area contributed by atoms with E-state index < -0.39 is 11.6 Å². The van der Waals surface area contributed by atoms with Gasteiger partial charge in [0.2, 0.25) is 5.90 Å². The first kappa shape index (κ1) is 32.4. The van der Waals surface area contributed by atoms with Gasteiger partial charge in [0.25, 0.3) is 5.91 Å². The van der Waals surface area contributed by atoms with Gasteiger partial charge in [0, 0.05) is 71.8 Å². The van der Waals surface area contributed by atoms with Crippen LogP contribution < -0.4 is 15.6 Å². The lowest BCUT2D eigenvalue weighted by Gasteiger charge is -2.32. The van der Waals surface area contributed by atoms with E-state index in [4.69, 9.17) is 24.3 Å². The van der Waals surface area contributed by atoms with Crippen molar-refractivity contribution >= 4 is 33.4 Å². The zero-order valence-corrected chi connectivity index (χ0v) is 26.4. The fraction of sp³-hybridized carbons (Fsp3) is 0.375. The van der Waals surface area contributed by atoms with Gasteiger partial charge in [-0.1, -0.05) is 63.5 Å². The van der Waals surface area contributed by atoms with E-state index in [1.54, 1.807) is 24.3 Å². The number of rotatable bonds is 14. The summed E-state index contributed by atoms with van der Waals surface area (Å²) in [7, 11) is 0. The standard InChI is InChI=1S/C32H36BrN7O5/c33-27-8-3-2-7-26(27)29-32(22-24-6-1-4-9-28(24)37-39-34,31(42)38-35-14-15-40-16-20-43-21-17-40)36-30(45-29)23-10-12-25(13-11-23)44-19-5-18-41/h1-4,6-13,29,35,41H,5,14-22H2,(H,38,42)/t29-,32-/m0/s1. The highest BCUT2D eigenvalue weighted by Gasteiger charge is 2.54. The number of hydrogen-bond donors (Lipinski definition) is 3. The normalized spacial score (nSPS) is 19.7. The summed E-state index contributed by atoms with van der Waals surface area (Å²) in [5.74, 6) is 0.548. The van der Waals surface area contributed by atoms with E-state index in [9.17, 15) is 10.3 Å². The number of hydrazine groups is 1. The Kier molecular flexibility index (Phi) is 11.4. The number of nitrogens with one attached hydrogen (secondary N) is 2. The minimum Gasteiger partial charge on any atom is -0.494 e. The molecule has 2 atom stereocenters. The van der Waals surface area contributed by atoms with Gasteiger partial charge in [-0.2, -0.15) is 0 Å². The quantitative estimate of drug-likeness (QED) is 0.0741. The number of benzene rings is 3. The van der Waals surface area contributed by atoms with Gasteiger partial charge in [-0.15, -0.1) is 0 Å². The van der Waals surface area contributed by atoms with Crippen LogP contribution in [0, 0.1) is 0 Å². The molecule has 5 rings (SSSR count). The summed E-state index contributed by atoms with van der Waals surface area (Å²) in [6.45, 7) is 4.77. The van der Waals surface area contributed by atoms with E-state index in [0.717, 1.165) is 29.7 Å². The van der Waals surface area contributed by atoms with Gasteiger partial charge in [0.1, 0.15) is 5.75 Å². The van der Waals surface area contributed by atoms with Crippen LogP contribution in [0.25, 0.3) is 10.4 Å². The fourth-order valence-electron chi connectivity index (χ4n) is 5.33. The molecule has 0 aliphatic carbocycles. The summed E-state index contributed by atoms with van der Waals surface area (Å²) < 4.78 is 18.5. The van der Waals surface area contributed by atoms with E-state index in [2.05, 4.69) is 41.7 Å². The zero-order chi connectivity index (χ0) is 31.5. The van der Waals surface area contributed by atoms with Crippen molar-refractivity contribution in [2.45, 2.75) is 24.5 Å². The van der Waals surface area contributed by atoms with Crippen LogP contribution in [0.3, 0.4) is 0 Å². The lowest BCUT2D eigenvalue weighted by molar-refractivity contribution is -0.130. The molecule has 0 aromatic heterocycles. The SMILES string of the molecule is [N-]=[N+]=Nc1ccccc1C[C@]1(C(=O)NNCCN2CCOCC2)N=C(c2ccc(OCCCO)cc2)O[C@H]1c1ccccc1Br. The molecule has 3 aromatic carbocycles. The second kappa shape index (κ2) is 15.8. The molecule has 1 amide bonds. The maximum absolute atomic E-state index is 14.4. The van der Waals surface area contributed by atoms with E-state index in [0.29, 0.717) is 61.2 Å². The van der Waals surface area contributed by atoms with Crippen LogP contribution in [-0.2, 0) is 20.7 Å². The number of aliphatic hydroxyl groups excluding tert-OH is 1. The molecule has 2 aliphatic heterocycles. The third-order valence-corrected chi connectivity index (χ3v) is 8.40. The Morgan fingerprint density at radius 3 is 2.64 bits per heavy atom. The first-order valence-electron chi connectivity index (χ1n) is 14.9. The molecule has 0 spiro atoms. The Labute approximate surface area is 270 Å². The molecule has 13 heteroatoms. The number of carbonyl (C=O) groups is 1. The molecule has 2 aliphatic rings. The van der Waals surface area contributed by atoms with Crippen molar-refractivity contribution in [3.63, 3.8) is 0 Å². The zero-order valence-electron chi connectivity index (χ0n) is 24.8. The van der Waals surface area contributed by atoms with E-state index in [-0.39, 0.29) is 18.9 Å². The molecule has 3 N–H and O–H groups in total. The predicted octanol–water partition coefficient (Wildman–Crippen LogP) is 4.60. The molecule has 45 heavy (non-hydrogen) atoms. The Hall–Kier alpha value is -3.97. The monoisotopic (exact) mass is 677 g/mol. The van der Waals surface area contributed by atoms with E-state index in [1.807, 2.05) is 48.5 Å². The number of nitrogens with zero attached hydrogens (tertiary/aromatic N) is 5. The highest BCUT2D eigenvalue weighted by Crippen LogP contribution is 2.45. The lowest BCUT2D eigenvalue weighted by atomic mass is 9.81. The Morgan fingerprint density at radius 1 is 1.13 bits per heavy atom. The highest BCUT2D eigenvalue weighted by molar-refractivity contribution is 9.10. The number of aliphatic imine (C=N–C) groups is 1. The second-order valence-electron chi connectivity index (χ2n) is 10.6. The number of aliphatic hydroxyl groups is 1. The van der Waals surface area contributed by atoms with Crippen molar-refractivity contribution in [1.82, 2.24) is 15.8 Å². The summed E-state index contributed by atoms with van der Waals surface area (Å²) in [5, 5.41) is 13.0. The van der Waals surface area contributed by atoms with Gasteiger partial charge in [-0.3, -0.25) is 15.1 Å². The average molecular weight is 679 g/mol.